The Hall–Kier alpha value is -3.07. The molecule has 8 nitrogen and oxygen atoms in total. The molecular formula is C16H16N6O2S. The summed E-state index contributed by atoms with van der Waals surface area (Å²) in [6.07, 6.45) is 1.45. The zero-order valence-electron chi connectivity index (χ0n) is 13.9. The van der Waals surface area contributed by atoms with E-state index in [9.17, 15) is 9.59 Å². The van der Waals surface area contributed by atoms with Crippen LogP contribution >= 0.6 is 12.2 Å². The predicted molar refractivity (Wildman–Crippen MR) is 97.2 cm³/mol. The minimum Gasteiger partial charge on any atom is -0.279 e. The lowest BCUT2D eigenvalue weighted by Gasteiger charge is -2.08. The molecule has 2 heterocycles. The van der Waals surface area contributed by atoms with E-state index in [4.69, 9.17) is 12.2 Å². The van der Waals surface area contributed by atoms with Gasteiger partial charge in [0.1, 0.15) is 5.69 Å². The van der Waals surface area contributed by atoms with Crippen LogP contribution in [0.2, 0.25) is 0 Å². The highest BCUT2D eigenvalue weighted by atomic mass is 32.1. The minimum atomic E-state index is -0.412. The van der Waals surface area contributed by atoms with E-state index >= 15 is 0 Å². The van der Waals surface area contributed by atoms with Crippen molar-refractivity contribution in [3.63, 3.8) is 0 Å². The van der Waals surface area contributed by atoms with Gasteiger partial charge in [-0.25, -0.2) is 4.68 Å². The van der Waals surface area contributed by atoms with Gasteiger partial charge in [0.25, 0.3) is 11.1 Å². The van der Waals surface area contributed by atoms with E-state index in [2.05, 4.69) is 15.3 Å². The first kappa shape index (κ1) is 16.8. The van der Waals surface area contributed by atoms with Crippen molar-refractivity contribution in [1.29, 1.82) is 0 Å². The van der Waals surface area contributed by atoms with Gasteiger partial charge in [-0.2, -0.15) is 14.9 Å². The third-order valence-corrected chi connectivity index (χ3v) is 4.12. The lowest BCUT2D eigenvalue weighted by atomic mass is 10.3. The Labute approximate surface area is 147 Å². The molecule has 1 N–H and O–H groups in total. The van der Waals surface area contributed by atoms with Crippen molar-refractivity contribution in [3.8, 4) is 5.69 Å². The quantitative estimate of drug-likeness (QED) is 0.566. The number of hydrogen-bond acceptors (Lipinski definition) is 5. The average molecular weight is 356 g/mol. The number of benzene rings is 1. The molecule has 0 atom stereocenters. The Morgan fingerprint density at radius 3 is 2.52 bits per heavy atom. The molecule has 0 aliphatic rings. The van der Waals surface area contributed by atoms with Crippen LogP contribution in [0.1, 0.15) is 17.0 Å². The number of rotatable bonds is 3. The van der Waals surface area contributed by atoms with Crippen LogP contribution in [0.15, 0.2) is 45.0 Å². The lowest BCUT2D eigenvalue weighted by Crippen LogP contribution is -2.23. The number of hydrogen-bond donors (Lipinski definition) is 1. The van der Waals surface area contributed by atoms with Crippen molar-refractivity contribution in [2.24, 2.45) is 12.1 Å². The van der Waals surface area contributed by atoms with Crippen molar-refractivity contribution in [2.45, 2.75) is 13.8 Å². The van der Waals surface area contributed by atoms with Gasteiger partial charge >= 0.3 is 0 Å². The molecule has 25 heavy (non-hydrogen) atoms. The van der Waals surface area contributed by atoms with Crippen LogP contribution in [0.3, 0.4) is 0 Å². The molecule has 128 valence electrons. The first-order valence-electron chi connectivity index (χ1n) is 7.48. The van der Waals surface area contributed by atoms with E-state index in [1.54, 1.807) is 25.6 Å². The lowest BCUT2D eigenvalue weighted by molar-refractivity contribution is 0.641. The van der Waals surface area contributed by atoms with Gasteiger partial charge in [0, 0.05) is 12.6 Å². The predicted octanol–water partition coefficient (Wildman–Crippen LogP) is 1.29. The molecule has 2 aromatic heterocycles. The molecule has 3 rings (SSSR count). The van der Waals surface area contributed by atoms with Gasteiger partial charge in [-0.15, -0.1) is 0 Å². The zero-order chi connectivity index (χ0) is 18.1. The Morgan fingerprint density at radius 1 is 1.16 bits per heavy atom. The first-order chi connectivity index (χ1) is 11.9. The summed E-state index contributed by atoms with van der Waals surface area (Å²) in [6, 6.07) is 9.28. The number of H-pyrrole nitrogens is 1. The summed E-state index contributed by atoms with van der Waals surface area (Å²) in [5, 5.41) is 10.5. The van der Waals surface area contributed by atoms with Gasteiger partial charge in [0.05, 0.1) is 17.6 Å². The van der Waals surface area contributed by atoms with E-state index in [-0.39, 0.29) is 16.0 Å². The maximum absolute atomic E-state index is 12.6. The van der Waals surface area contributed by atoms with E-state index in [1.807, 2.05) is 30.3 Å². The van der Waals surface area contributed by atoms with Gasteiger partial charge in [-0.1, -0.05) is 18.2 Å². The third-order valence-electron chi connectivity index (χ3n) is 3.86. The topological polar surface area (TPSA) is 90.0 Å². The number of aryl methyl sites for hydroxylation is 1. The standard InChI is InChI=1S/C16H16N6O2S/c1-10-13(9-17-21-15(24)11(2)18-19-16(21)25)20(3)22(14(10)23)12-7-5-4-6-8-12/h4-9H,1-3H3,(H,19,25)/b17-9-. The molecule has 9 heteroatoms. The van der Waals surface area contributed by atoms with E-state index in [1.165, 1.54) is 10.9 Å². The second-order valence-corrected chi connectivity index (χ2v) is 5.85. The highest BCUT2D eigenvalue weighted by Crippen LogP contribution is 2.08. The molecule has 3 aromatic rings. The third kappa shape index (κ3) is 2.89. The largest absolute Gasteiger partial charge is 0.296 e. The molecule has 0 aliphatic carbocycles. The number of nitrogens with one attached hydrogen (secondary N) is 1. The molecule has 0 saturated carbocycles. The van der Waals surface area contributed by atoms with Crippen molar-refractivity contribution >= 4 is 18.4 Å². The molecule has 0 unspecified atom stereocenters. The highest BCUT2D eigenvalue weighted by Gasteiger charge is 2.14. The Kier molecular flexibility index (Phi) is 4.32. The van der Waals surface area contributed by atoms with E-state index in [0.29, 0.717) is 11.3 Å². The molecule has 0 aliphatic heterocycles. The van der Waals surface area contributed by atoms with Gasteiger partial charge in [0.15, 0.2) is 0 Å². The summed E-state index contributed by atoms with van der Waals surface area (Å²) in [4.78, 5) is 24.7. The van der Waals surface area contributed by atoms with Gasteiger partial charge in [0.2, 0.25) is 4.77 Å². The first-order valence-corrected chi connectivity index (χ1v) is 7.89. The summed E-state index contributed by atoms with van der Waals surface area (Å²) in [6.45, 7) is 3.27. The molecule has 1 aromatic carbocycles. The average Bonchev–Trinajstić information content (AvgIpc) is 2.82. The van der Waals surface area contributed by atoms with Crippen LogP contribution in [-0.4, -0.2) is 30.5 Å². The number of aromatic amines is 1. The summed E-state index contributed by atoms with van der Waals surface area (Å²) >= 11 is 5.05. The van der Waals surface area contributed by atoms with Crippen molar-refractivity contribution in [1.82, 2.24) is 24.2 Å². The molecule has 0 fully saturated rings. The van der Waals surface area contributed by atoms with Crippen molar-refractivity contribution in [2.75, 3.05) is 0 Å². The Bertz CT molecular complexity index is 1130. The van der Waals surface area contributed by atoms with Gasteiger partial charge in [-0.3, -0.25) is 19.4 Å². The minimum absolute atomic E-state index is 0.0806. The van der Waals surface area contributed by atoms with Gasteiger partial charge in [-0.05, 0) is 38.2 Å². The van der Waals surface area contributed by atoms with Crippen LogP contribution in [0.25, 0.3) is 5.69 Å². The van der Waals surface area contributed by atoms with Crippen molar-refractivity contribution < 1.29 is 0 Å². The van der Waals surface area contributed by atoms with Crippen LogP contribution in [-0.2, 0) is 7.05 Å². The molecule has 0 amide bonds. The monoisotopic (exact) mass is 356 g/mol. The van der Waals surface area contributed by atoms with E-state index in [0.717, 1.165) is 10.4 Å². The van der Waals surface area contributed by atoms with Crippen molar-refractivity contribution in [3.05, 3.63) is 72.8 Å². The SMILES string of the molecule is Cc1n[nH]c(=S)n(/N=C\c2c(C)c(=O)n(-c3ccccc3)n2C)c1=O. The summed E-state index contributed by atoms with van der Waals surface area (Å²) < 4.78 is 4.35. The fraction of sp³-hybridized carbons (Fsp3) is 0.188. The number of aromatic nitrogens is 5. The van der Waals surface area contributed by atoms with E-state index < -0.39 is 5.56 Å². The summed E-state index contributed by atoms with van der Waals surface area (Å²) in [5.41, 5.74) is 1.52. The summed E-state index contributed by atoms with van der Waals surface area (Å²) in [5.74, 6) is 0. The number of nitrogens with zero attached hydrogens (tertiary/aromatic N) is 5. The Balaban J connectivity index is 2.15. The fourth-order valence-corrected chi connectivity index (χ4v) is 2.66. The Morgan fingerprint density at radius 2 is 1.84 bits per heavy atom. The normalized spacial score (nSPS) is 11.3. The van der Waals surface area contributed by atoms with Crippen LogP contribution < -0.4 is 11.1 Å². The number of para-hydroxylation sites is 1. The second-order valence-electron chi connectivity index (χ2n) is 5.46. The molecule has 0 bridgehead atoms. The molecule has 0 saturated heterocycles. The fourth-order valence-electron chi connectivity index (χ4n) is 2.48. The van der Waals surface area contributed by atoms with Crippen LogP contribution in [0, 0.1) is 18.6 Å². The summed E-state index contributed by atoms with van der Waals surface area (Å²) in [7, 11) is 1.75. The molecule has 0 spiro atoms. The molecular weight excluding hydrogens is 340 g/mol. The second kappa shape index (κ2) is 6.44. The highest BCUT2D eigenvalue weighted by molar-refractivity contribution is 7.71. The zero-order valence-corrected chi connectivity index (χ0v) is 14.7. The smallest absolute Gasteiger partial charge is 0.279 e. The van der Waals surface area contributed by atoms with Crippen LogP contribution in [0.5, 0.6) is 0 Å². The maximum atomic E-state index is 12.6. The van der Waals surface area contributed by atoms with Crippen LogP contribution in [0.4, 0.5) is 0 Å². The van der Waals surface area contributed by atoms with Gasteiger partial charge < -0.3 is 0 Å². The maximum Gasteiger partial charge on any atom is 0.296 e. The molecule has 0 radical (unpaired) electrons.